The number of nitrogens with one attached hydrogen (secondary N) is 1. The Labute approximate surface area is 162 Å². The first-order valence-electron chi connectivity index (χ1n) is 8.04. The average Bonchev–Trinajstić information content (AvgIpc) is 3.13. The Bertz CT molecular complexity index is 966. The van der Waals surface area contributed by atoms with Crippen molar-refractivity contribution in [3.05, 3.63) is 65.8 Å². The number of amides is 1. The Kier molecular flexibility index (Phi) is 6.19. The van der Waals surface area contributed by atoms with E-state index in [9.17, 15) is 18.0 Å². The molecule has 10 heteroatoms. The van der Waals surface area contributed by atoms with Gasteiger partial charge in [-0.1, -0.05) is 11.8 Å². The van der Waals surface area contributed by atoms with Gasteiger partial charge in [-0.2, -0.15) is 0 Å². The van der Waals surface area contributed by atoms with E-state index in [2.05, 4.69) is 15.5 Å². The molecule has 146 valence electrons. The van der Waals surface area contributed by atoms with Gasteiger partial charge in [0.25, 0.3) is 11.1 Å². The second-order valence-corrected chi connectivity index (χ2v) is 6.51. The molecule has 1 heterocycles. The molecule has 0 spiro atoms. The molecule has 0 unspecified atom stereocenters. The van der Waals surface area contributed by atoms with Crippen LogP contribution in [0.15, 0.2) is 52.1 Å². The Hall–Kier alpha value is -3.01. The average molecular weight is 409 g/mol. The molecule has 1 aromatic heterocycles. The molecule has 0 radical (unpaired) electrons. The summed E-state index contributed by atoms with van der Waals surface area (Å²) < 4.78 is 50.3. The second kappa shape index (κ2) is 8.79. The lowest BCUT2D eigenvalue weighted by Crippen LogP contribution is -2.15. The number of aromatic nitrogens is 2. The van der Waals surface area contributed by atoms with E-state index in [0.29, 0.717) is 11.8 Å². The summed E-state index contributed by atoms with van der Waals surface area (Å²) in [7, 11) is 0. The minimum atomic E-state index is -0.870. The van der Waals surface area contributed by atoms with Gasteiger partial charge in [0.2, 0.25) is 5.91 Å². The SMILES string of the molecule is C[C@H](Oc1ccc(F)cc1)c1nnc(SCC(=O)Nc2ccc(F)cc2F)o1. The molecular formula is C18H14F3N3O3S. The fourth-order valence-electron chi connectivity index (χ4n) is 2.12. The molecule has 1 amide bonds. The van der Waals surface area contributed by atoms with E-state index >= 15 is 0 Å². The van der Waals surface area contributed by atoms with Crippen LogP contribution in [0.3, 0.4) is 0 Å². The lowest BCUT2D eigenvalue weighted by Gasteiger charge is -2.10. The Balaban J connectivity index is 1.52. The van der Waals surface area contributed by atoms with Crippen molar-refractivity contribution in [2.24, 2.45) is 0 Å². The lowest BCUT2D eigenvalue weighted by molar-refractivity contribution is -0.113. The summed E-state index contributed by atoms with van der Waals surface area (Å²) in [5.41, 5.74) is -0.125. The van der Waals surface area contributed by atoms with Gasteiger partial charge in [0.1, 0.15) is 23.2 Å². The lowest BCUT2D eigenvalue weighted by atomic mass is 10.3. The summed E-state index contributed by atoms with van der Waals surface area (Å²) >= 11 is 0.949. The number of nitrogens with zero attached hydrogens (tertiary/aromatic N) is 2. The summed E-state index contributed by atoms with van der Waals surface area (Å²) in [6, 6.07) is 8.31. The molecule has 0 saturated carbocycles. The maximum Gasteiger partial charge on any atom is 0.277 e. The molecule has 28 heavy (non-hydrogen) atoms. The highest BCUT2D eigenvalue weighted by Gasteiger charge is 2.17. The number of hydrogen-bond acceptors (Lipinski definition) is 6. The van der Waals surface area contributed by atoms with Crippen LogP contribution in [-0.4, -0.2) is 21.9 Å². The van der Waals surface area contributed by atoms with Crippen LogP contribution in [0.4, 0.5) is 18.9 Å². The molecule has 3 rings (SSSR count). The van der Waals surface area contributed by atoms with Gasteiger partial charge in [0.15, 0.2) is 6.10 Å². The standard InChI is InChI=1S/C18H14F3N3O3S/c1-10(26-13-5-2-11(19)3-6-13)17-23-24-18(27-17)28-9-16(25)22-15-7-4-12(20)8-14(15)21/h2-8,10H,9H2,1H3,(H,22,25)/t10-/m0/s1. The number of halogens is 3. The largest absolute Gasteiger partial charge is 0.481 e. The van der Waals surface area contributed by atoms with Crippen LogP contribution in [0.5, 0.6) is 5.75 Å². The zero-order valence-electron chi connectivity index (χ0n) is 14.5. The minimum absolute atomic E-state index is 0.119. The normalized spacial score (nSPS) is 11.9. The van der Waals surface area contributed by atoms with Crippen molar-refractivity contribution >= 4 is 23.4 Å². The molecule has 1 N–H and O–H groups in total. The quantitative estimate of drug-likeness (QED) is 0.585. The van der Waals surface area contributed by atoms with Crippen LogP contribution < -0.4 is 10.1 Å². The van der Waals surface area contributed by atoms with Crippen LogP contribution in [0.25, 0.3) is 0 Å². The molecule has 6 nitrogen and oxygen atoms in total. The van der Waals surface area contributed by atoms with E-state index in [-0.39, 0.29) is 28.4 Å². The third-order valence-corrected chi connectivity index (χ3v) is 4.25. The van der Waals surface area contributed by atoms with Crippen LogP contribution in [0.2, 0.25) is 0 Å². The highest BCUT2D eigenvalue weighted by atomic mass is 32.2. The van der Waals surface area contributed by atoms with E-state index < -0.39 is 23.6 Å². The topological polar surface area (TPSA) is 77.2 Å². The zero-order valence-corrected chi connectivity index (χ0v) is 15.3. The van der Waals surface area contributed by atoms with E-state index in [1.165, 1.54) is 24.3 Å². The monoisotopic (exact) mass is 409 g/mol. The predicted molar refractivity (Wildman–Crippen MR) is 95.5 cm³/mol. The van der Waals surface area contributed by atoms with Crippen molar-refractivity contribution in [1.82, 2.24) is 10.2 Å². The number of ether oxygens (including phenoxy) is 1. The van der Waals surface area contributed by atoms with Crippen LogP contribution >= 0.6 is 11.8 Å². The van der Waals surface area contributed by atoms with Gasteiger partial charge in [-0.25, -0.2) is 13.2 Å². The van der Waals surface area contributed by atoms with E-state index in [0.717, 1.165) is 23.9 Å². The Morgan fingerprint density at radius 3 is 2.57 bits per heavy atom. The van der Waals surface area contributed by atoms with Gasteiger partial charge < -0.3 is 14.5 Å². The van der Waals surface area contributed by atoms with Gasteiger partial charge in [-0.3, -0.25) is 4.79 Å². The van der Waals surface area contributed by atoms with Crippen molar-refractivity contribution < 1.29 is 27.1 Å². The predicted octanol–water partition coefficient (Wildman–Crippen LogP) is 4.36. The van der Waals surface area contributed by atoms with E-state index in [1.54, 1.807) is 6.92 Å². The number of benzene rings is 2. The minimum Gasteiger partial charge on any atom is -0.481 e. The number of rotatable bonds is 7. The second-order valence-electron chi connectivity index (χ2n) is 5.58. The van der Waals surface area contributed by atoms with Crippen LogP contribution in [0.1, 0.15) is 18.9 Å². The highest BCUT2D eigenvalue weighted by Crippen LogP contribution is 2.24. The molecule has 0 fully saturated rings. The number of anilines is 1. The smallest absolute Gasteiger partial charge is 0.277 e. The number of hydrogen-bond donors (Lipinski definition) is 1. The molecular weight excluding hydrogens is 395 g/mol. The first-order valence-corrected chi connectivity index (χ1v) is 9.02. The van der Waals surface area contributed by atoms with Gasteiger partial charge in [0.05, 0.1) is 11.4 Å². The fraction of sp³-hybridized carbons (Fsp3) is 0.167. The van der Waals surface area contributed by atoms with Crippen molar-refractivity contribution in [3.63, 3.8) is 0 Å². The summed E-state index contributed by atoms with van der Waals surface area (Å²) in [5, 5.41) is 10.1. The number of carbonyl (C=O) groups is 1. The van der Waals surface area contributed by atoms with E-state index in [1.807, 2.05) is 0 Å². The third kappa shape index (κ3) is 5.26. The molecule has 2 aromatic carbocycles. The third-order valence-electron chi connectivity index (χ3n) is 3.43. The van der Waals surface area contributed by atoms with E-state index in [4.69, 9.17) is 9.15 Å². The molecule has 3 aromatic rings. The van der Waals surface area contributed by atoms with Crippen LogP contribution in [0, 0.1) is 17.5 Å². The van der Waals surface area contributed by atoms with Gasteiger partial charge >= 0.3 is 0 Å². The maximum absolute atomic E-state index is 13.5. The number of thioether (sulfide) groups is 1. The molecule has 0 bridgehead atoms. The summed E-state index contributed by atoms with van der Waals surface area (Å²) in [6.45, 7) is 1.68. The summed E-state index contributed by atoms with van der Waals surface area (Å²) in [5.74, 6) is -2.02. The zero-order chi connectivity index (χ0) is 20.1. The summed E-state index contributed by atoms with van der Waals surface area (Å²) in [4.78, 5) is 11.9. The van der Waals surface area contributed by atoms with Crippen molar-refractivity contribution in [3.8, 4) is 5.75 Å². The Morgan fingerprint density at radius 1 is 1.14 bits per heavy atom. The molecule has 1 atom stereocenters. The van der Waals surface area contributed by atoms with Crippen molar-refractivity contribution in [2.45, 2.75) is 18.3 Å². The molecule has 0 aliphatic carbocycles. The molecule has 0 aliphatic rings. The Morgan fingerprint density at radius 2 is 1.86 bits per heavy atom. The number of carbonyl (C=O) groups excluding carboxylic acids is 1. The fourth-order valence-corrected chi connectivity index (χ4v) is 2.68. The van der Waals surface area contributed by atoms with Crippen molar-refractivity contribution in [1.29, 1.82) is 0 Å². The van der Waals surface area contributed by atoms with Gasteiger partial charge in [0, 0.05) is 6.07 Å². The first-order chi connectivity index (χ1) is 13.4. The molecule has 0 aliphatic heterocycles. The maximum atomic E-state index is 13.5. The summed E-state index contributed by atoms with van der Waals surface area (Å²) in [6.07, 6.45) is -0.588. The highest BCUT2D eigenvalue weighted by molar-refractivity contribution is 7.99. The first kappa shape index (κ1) is 19.7. The van der Waals surface area contributed by atoms with Gasteiger partial charge in [-0.05, 0) is 43.3 Å². The molecule has 0 saturated heterocycles. The van der Waals surface area contributed by atoms with Gasteiger partial charge in [-0.15, -0.1) is 10.2 Å². The van der Waals surface area contributed by atoms with Crippen LogP contribution in [-0.2, 0) is 4.79 Å². The van der Waals surface area contributed by atoms with Crippen molar-refractivity contribution in [2.75, 3.05) is 11.1 Å².